The Morgan fingerprint density at radius 2 is 1.90 bits per heavy atom. The molecule has 0 aliphatic carbocycles. The first-order valence-corrected chi connectivity index (χ1v) is 9.03. The van der Waals surface area contributed by atoms with E-state index in [-0.39, 0.29) is 5.03 Å². The van der Waals surface area contributed by atoms with Crippen LogP contribution in [0.4, 0.5) is 0 Å². The molecule has 0 bridgehead atoms. The SMILES string of the molecule is CCC(CC)CN(CC)S(=O)(=O)c1ccc(CNC)cn1. The van der Waals surface area contributed by atoms with Crippen molar-refractivity contribution in [3.05, 3.63) is 23.9 Å². The van der Waals surface area contributed by atoms with Crippen LogP contribution in [0.2, 0.25) is 0 Å². The summed E-state index contributed by atoms with van der Waals surface area (Å²) in [7, 11) is -1.65. The number of sulfonamides is 1. The van der Waals surface area contributed by atoms with Gasteiger partial charge in [-0.2, -0.15) is 4.31 Å². The summed E-state index contributed by atoms with van der Waals surface area (Å²) in [5.41, 5.74) is 0.972. The van der Waals surface area contributed by atoms with Gasteiger partial charge in [0, 0.05) is 25.8 Å². The second-order valence-corrected chi connectivity index (χ2v) is 7.06. The molecule has 0 aliphatic rings. The van der Waals surface area contributed by atoms with Gasteiger partial charge in [-0.1, -0.05) is 39.7 Å². The van der Waals surface area contributed by atoms with Crippen molar-refractivity contribution in [1.82, 2.24) is 14.6 Å². The van der Waals surface area contributed by atoms with Gasteiger partial charge in [-0.05, 0) is 24.6 Å². The lowest BCUT2D eigenvalue weighted by molar-refractivity contribution is 0.338. The Morgan fingerprint density at radius 3 is 2.33 bits per heavy atom. The molecule has 0 atom stereocenters. The van der Waals surface area contributed by atoms with Crippen molar-refractivity contribution in [2.24, 2.45) is 5.92 Å². The molecule has 0 amide bonds. The van der Waals surface area contributed by atoms with Gasteiger partial charge in [0.15, 0.2) is 5.03 Å². The first-order valence-electron chi connectivity index (χ1n) is 7.59. The molecule has 1 heterocycles. The van der Waals surface area contributed by atoms with Gasteiger partial charge < -0.3 is 5.32 Å². The highest BCUT2D eigenvalue weighted by molar-refractivity contribution is 7.89. The standard InChI is InChI=1S/C15H27N3O2S/c1-5-13(6-2)12-18(7-3)21(19,20)15-9-8-14(10-16-4)11-17-15/h8-9,11,13,16H,5-7,10,12H2,1-4H3. The average molecular weight is 313 g/mol. The van der Waals surface area contributed by atoms with Crippen LogP contribution in [0, 0.1) is 5.92 Å². The van der Waals surface area contributed by atoms with E-state index < -0.39 is 10.0 Å². The fourth-order valence-electron chi connectivity index (χ4n) is 2.24. The fraction of sp³-hybridized carbons (Fsp3) is 0.667. The normalized spacial score (nSPS) is 12.3. The van der Waals surface area contributed by atoms with E-state index in [1.54, 1.807) is 18.3 Å². The van der Waals surface area contributed by atoms with Crippen LogP contribution in [0.5, 0.6) is 0 Å². The van der Waals surface area contributed by atoms with E-state index in [4.69, 9.17) is 0 Å². The molecule has 5 nitrogen and oxygen atoms in total. The quantitative estimate of drug-likeness (QED) is 0.759. The van der Waals surface area contributed by atoms with E-state index in [9.17, 15) is 8.42 Å². The molecule has 0 aromatic carbocycles. The molecule has 0 saturated carbocycles. The third-order valence-electron chi connectivity index (χ3n) is 3.75. The third-order valence-corrected chi connectivity index (χ3v) is 5.61. The molecule has 0 aliphatic heterocycles. The lowest BCUT2D eigenvalue weighted by Crippen LogP contribution is -2.35. The molecule has 6 heteroatoms. The summed E-state index contributed by atoms with van der Waals surface area (Å²) in [6.45, 7) is 7.78. The lowest BCUT2D eigenvalue weighted by atomic mass is 10.0. The zero-order valence-corrected chi connectivity index (χ0v) is 14.3. The van der Waals surface area contributed by atoms with Crippen LogP contribution < -0.4 is 5.32 Å². The zero-order chi connectivity index (χ0) is 15.9. The van der Waals surface area contributed by atoms with Gasteiger partial charge in [-0.15, -0.1) is 0 Å². The molecule has 0 fully saturated rings. The first kappa shape index (κ1) is 18.1. The number of nitrogens with one attached hydrogen (secondary N) is 1. The predicted molar refractivity (Wildman–Crippen MR) is 85.5 cm³/mol. The highest BCUT2D eigenvalue weighted by atomic mass is 32.2. The lowest BCUT2D eigenvalue weighted by Gasteiger charge is -2.24. The topological polar surface area (TPSA) is 62.3 Å². The van der Waals surface area contributed by atoms with Crippen LogP contribution >= 0.6 is 0 Å². The first-order chi connectivity index (χ1) is 9.99. The predicted octanol–water partition coefficient (Wildman–Crippen LogP) is 2.25. The van der Waals surface area contributed by atoms with Gasteiger partial charge in [0.1, 0.15) is 0 Å². The van der Waals surface area contributed by atoms with Gasteiger partial charge >= 0.3 is 0 Å². The van der Waals surface area contributed by atoms with Crippen LogP contribution in [0.3, 0.4) is 0 Å². The molecule has 21 heavy (non-hydrogen) atoms. The Kier molecular flexibility index (Phi) is 7.28. The Balaban J connectivity index is 2.95. The van der Waals surface area contributed by atoms with E-state index in [2.05, 4.69) is 24.1 Å². The smallest absolute Gasteiger partial charge is 0.260 e. The van der Waals surface area contributed by atoms with Crippen molar-refractivity contribution in [2.45, 2.75) is 45.2 Å². The molecular formula is C15H27N3O2S. The van der Waals surface area contributed by atoms with Crippen LogP contribution in [0.15, 0.2) is 23.4 Å². The van der Waals surface area contributed by atoms with Crippen molar-refractivity contribution in [1.29, 1.82) is 0 Å². The Morgan fingerprint density at radius 1 is 1.24 bits per heavy atom. The van der Waals surface area contributed by atoms with Crippen molar-refractivity contribution in [3.8, 4) is 0 Å². The van der Waals surface area contributed by atoms with Crippen molar-refractivity contribution in [3.63, 3.8) is 0 Å². The van der Waals surface area contributed by atoms with Gasteiger partial charge in [0.2, 0.25) is 0 Å². The number of rotatable bonds is 9. The monoisotopic (exact) mass is 313 g/mol. The molecule has 0 unspecified atom stereocenters. The second-order valence-electron chi connectivity index (χ2n) is 5.17. The zero-order valence-electron chi connectivity index (χ0n) is 13.5. The number of hydrogen-bond acceptors (Lipinski definition) is 4. The Hall–Kier alpha value is -0.980. The molecule has 1 rings (SSSR count). The minimum absolute atomic E-state index is 0.134. The van der Waals surface area contributed by atoms with Gasteiger partial charge in [-0.3, -0.25) is 0 Å². The summed E-state index contributed by atoms with van der Waals surface area (Å²) in [4.78, 5) is 4.13. The molecule has 0 radical (unpaired) electrons. The minimum atomic E-state index is -3.50. The largest absolute Gasteiger partial charge is 0.316 e. The summed E-state index contributed by atoms with van der Waals surface area (Å²) < 4.78 is 26.8. The van der Waals surface area contributed by atoms with Crippen LogP contribution in [-0.2, 0) is 16.6 Å². The van der Waals surface area contributed by atoms with Crippen LogP contribution in [0.1, 0.15) is 39.2 Å². The van der Waals surface area contributed by atoms with Gasteiger partial charge in [-0.25, -0.2) is 13.4 Å². The Labute approximate surface area is 128 Å². The fourth-order valence-corrected chi connectivity index (χ4v) is 3.67. The molecule has 1 aromatic rings. The van der Waals surface area contributed by atoms with Crippen molar-refractivity contribution < 1.29 is 8.42 Å². The molecule has 1 aromatic heterocycles. The average Bonchev–Trinajstić information content (AvgIpc) is 2.49. The molecular weight excluding hydrogens is 286 g/mol. The molecule has 0 saturated heterocycles. The number of hydrogen-bond donors (Lipinski definition) is 1. The minimum Gasteiger partial charge on any atom is -0.316 e. The summed E-state index contributed by atoms with van der Waals surface area (Å²) >= 11 is 0. The molecule has 0 spiro atoms. The third kappa shape index (κ3) is 4.76. The summed E-state index contributed by atoms with van der Waals surface area (Å²) in [6, 6.07) is 3.40. The van der Waals surface area contributed by atoms with Crippen LogP contribution in [0.25, 0.3) is 0 Å². The van der Waals surface area contributed by atoms with E-state index in [0.717, 1.165) is 18.4 Å². The summed E-state index contributed by atoms with van der Waals surface area (Å²) in [6.07, 6.45) is 3.59. The molecule has 1 N–H and O–H groups in total. The molecule has 120 valence electrons. The maximum absolute atomic E-state index is 12.6. The summed E-state index contributed by atoms with van der Waals surface area (Å²) in [5.74, 6) is 0.392. The second kappa shape index (κ2) is 8.46. The van der Waals surface area contributed by atoms with Crippen molar-refractivity contribution >= 4 is 10.0 Å². The summed E-state index contributed by atoms with van der Waals surface area (Å²) in [5, 5.41) is 3.15. The number of pyridine rings is 1. The number of nitrogens with zero attached hydrogens (tertiary/aromatic N) is 2. The van der Waals surface area contributed by atoms with E-state index in [1.807, 2.05) is 14.0 Å². The van der Waals surface area contributed by atoms with Gasteiger partial charge in [0.05, 0.1) is 0 Å². The van der Waals surface area contributed by atoms with E-state index in [1.165, 1.54) is 4.31 Å². The van der Waals surface area contributed by atoms with Crippen LogP contribution in [-0.4, -0.2) is 37.8 Å². The van der Waals surface area contributed by atoms with E-state index >= 15 is 0 Å². The number of aromatic nitrogens is 1. The highest BCUT2D eigenvalue weighted by Crippen LogP contribution is 2.18. The maximum Gasteiger partial charge on any atom is 0.260 e. The maximum atomic E-state index is 12.6. The van der Waals surface area contributed by atoms with E-state index in [0.29, 0.717) is 25.6 Å². The van der Waals surface area contributed by atoms with Crippen molar-refractivity contribution in [2.75, 3.05) is 20.1 Å². The van der Waals surface area contributed by atoms with Gasteiger partial charge in [0.25, 0.3) is 10.0 Å². The highest BCUT2D eigenvalue weighted by Gasteiger charge is 2.26. The Bertz CT molecular complexity index is 510.